The Balaban J connectivity index is 0.798. The fourth-order valence-corrected chi connectivity index (χ4v) is 8.21. The number of halogens is 1. The number of fused-ring (bicyclic) bond motifs is 1. The van der Waals surface area contributed by atoms with E-state index >= 15 is 4.39 Å². The quantitative estimate of drug-likeness (QED) is 0.275. The zero-order valence-corrected chi connectivity index (χ0v) is 30.5. The summed E-state index contributed by atoms with van der Waals surface area (Å²) < 4.78 is 20.9. The number of piperazine rings is 1. The summed E-state index contributed by atoms with van der Waals surface area (Å²) in [4.78, 5) is 82.6. The smallest absolute Gasteiger partial charge is 0.410 e. The zero-order valence-electron chi connectivity index (χ0n) is 30.5. The van der Waals surface area contributed by atoms with Gasteiger partial charge in [-0.1, -0.05) is 12.1 Å². The third kappa shape index (κ3) is 7.42. The summed E-state index contributed by atoms with van der Waals surface area (Å²) in [7, 11) is 0. The maximum atomic E-state index is 15.2. The number of carbonyl (C=O) groups excluding carboxylic acids is 6. The van der Waals surface area contributed by atoms with Gasteiger partial charge in [-0.2, -0.15) is 5.10 Å². The van der Waals surface area contributed by atoms with E-state index in [0.717, 1.165) is 47.7 Å². The van der Waals surface area contributed by atoms with E-state index in [4.69, 9.17) is 4.74 Å². The predicted molar refractivity (Wildman–Crippen MR) is 196 cm³/mol. The molecule has 288 valence electrons. The van der Waals surface area contributed by atoms with Crippen LogP contribution in [0.4, 0.5) is 20.7 Å². The Kier molecular flexibility index (Phi) is 9.84. The number of amides is 6. The van der Waals surface area contributed by atoms with Crippen molar-refractivity contribution in [2.24, 2.45) is 0 Å². The number of nitrogens with zero attached hydrogens (tertiary/aromatic N) is 5. The maximum Gasteiger partial charge on any atom is 0.410 e. The maximum absolute atomic E-state index is 15.2. The fraction of sp³-hybridized carbons (Fsp3) is 0.462. The highest BCUT2D eigenvalue weighted by Crippen LogP contribution is 2.37. The van der Waals surface area contributed by atoms with Gasteiger partial charge in [0, 0.05) is 75.1 Å². The van der Waals surface area contributed by atoms with Gasteiger partial charge in [-0.3, -0.25) is 44.2 Å². The number of H-pyrrole nitrogens is 1. The zero-order chi connectivity index (χ0) is 38.4. The third-order valence-electron chi connectivity index (χ3n) is 11.5. The summed E-state index contributed by atoms with van der Waals surface area (Å²) in [5.74, 6) is -2.50. The predicted octanol–water partition coefficient (Wildman–Crippen LogP) is 3.32. The number of aromatic nitrogens is 2. The van der Waals surface area contributed by atoms with Crippen LogP contribution in [-0.4, -0.2) is 111 Å². The van der Waals surface area contributed by atoms with Crippen molar-refractivity contribution in [3.05, 3.63) is 76.2 Å². The van der Waals surface area contributed by atoms with Gasteiger partial charge in [0.2, 0.25) is 17.7 Å². The Morgan fingerprint density at radius 2 is 1.73 bits per heavy atom. The summed E-state index contributed by atoms with van der Waals surface area (Å²) in [6.45, 7) is 5.90. The molecule has 4 atom stereocenters. The van der Waals surface area contributed by atoms with Crippen molar-refractivity contribution < 1.29 is 37.9 Å². The van der Waals surface area contributed by atoms with Gasteiger partial charge < -0.3 is 19.9 Å². The molecule has 0 bridgehead atoms. The molecule has 55 heavy (non-hydrogen) atoms. The Bertz CT molecular complexity index is 2060. The molecule has 4 aliphatic heterocycles. The summed E-state index contributed by atoms with van der Waals surface area (Å²) >= 11 is 0. The van der Waals surface area contributed by atoms with Crippen molar-refractivity contribution in [2.75, 3.05) is 42.9 Å². The molecule has 1 saturated carbocycles. The van der Waals surface area contributed by atoms with E-state index in [1.807, 2.05) is 13.0 Å². The van der Waals surface area contributed by atoms with Gasteiger partial charge in [0.1, 0.15) is 18.0 Å². The monoisotopic (exact) mass is 754 g/mol. The number of aromatic amines is 1. The summed E-state index contributed by atoms with van der Waals surface area (Å²) in [5.41, 5.74) is 3.18. The molecule has 0 radical (unpaired) electrons. The molecule has 6 amide bonds. The molecule has 3 aromatic rings. The first-order valence-corrected chi connectivity index (χ1v) is 18.9. The fourth-order valence-electron chi connectivity index (χ4n) is 8.21. The van der Waals surface area contributed by atoms with Crippen molar-refractivity contribution in [2.45, 2.75) is 82.5 Å². The molecule has 3 N–H and O–H groups in total. The van der Waals surface area contributed by atoms with Crippen LogP contribution in [0.15, 0.2) is 42.5 Å². The second kappa shape index (κ2) is 14.9. The van der Waals surface area contributed by atoms with Gasteiger partial charge in [0.15, 0.2) is 5.82 Å². The first-order chi connectivity index (χ1) is 26.5. The minimum atomic E-state index is -1.01. The van der Waals surface area contributed by atoms with Gasteiger partial charge in [-0.15, -0.1) is 0 Å². The largest absolute Gasteiger partial charge is 0.446 e. The van der Waals surface area contributed by atoms with Crippen LogP contribution in [0.3, 0.4) is 0 Å². The van der Waals surface area contributed by atoms with E-state index in [1.165, 1.54) is 6.07 Å². The molecule has 1 aliphatic carbocycles. The van der Waals surface area contributed by atoms with E-state index in [1.54, 1.807) is 35.2 Å². The molecule has 8 rings (SSSR count). The summed E-state index contributed by atoms with van der Waals surface area (Å²) in [6, 6.07) is 11.0. The number of carbonyl (C=O) groups is 6. The molecule has 1 unspecified atom stereocenters. The second-order valence-corrected chi connectivity index (χ2v) is 15.1. The molecule has 16 heteroatoms. The van der Waals surface area contributed by atoms with Crippen LogP contribution in [0, 0.1) is 5.82 Å². The molecular formula is C39H43FN8O7. The number of likely N-dealkylation sites (tertiary alicyclic amines) is 1. The molecule has 5 heterocycles. The third-order valence-corrected chi connectivity index (χ3v) is 11.5. The number of anilines is 2. The Hall–Kier alpha value is -5.64. The van der Waals surface area contributed by atoms with Crippen LogP contribution in [0.2, 0.25) is 0 Å². The molecule has 0 spiro atoms. The molecule has 15 nitrogen and oxygen atoms in total. The van der Waals surface area contributed by atoms with Crippen molar-refractivity contribution >= 4 is 47.1 Å². The van der Waals surface area contributed by atoms with E-state index in [0.29, 0.717) is 45.0 Å². The SMILES string of the molecule is C[C@H]1CCN1C(=O)O[C@H]1CC[C@@H](c2cc(NC(=O)Cc3ccc(CN4CCN(c5ccc6c(c5)C(=O)N(C5CCC(=O)NC5=O)C6=O)CC4)cc3F)n[nH]2)C1. The van der Waals surface area contributed by atoms with Crippen LogP contribution in [0.25, 0.3) is 0 Å². The number of piperidine rings is 1. The first kappa shape index (κ1) is 36.3. The topological polar surface area (TPSA) is 177 Å². The van der Waals surface area contributed by atoms with Gasteiger partial charge in [0.05, 0.1) is 17.5 Å². The second-order valence-electron chi connectivity index (χ2n) is 15.1. The van der Waals surface area contributed by atoms with Crippen LogP contribution in [0.1, 0.15) is 88.9 Å². The van der Waals surface area contributed by atoms with Crippen molar-refractivity contribution in [1.29, 1.82) is 0 Å². The van der Waals surface area contributed by atoms with Gasteiger partial charge in [-0.05, 0) is 74.4 Å². The van der Waals surface area contributed by atoms with E-state index < -0.39 is 35.5 Å². The number of imide groups is 2. The number of hydrogen-bond donors (Lipinski definition) is 3. The first-order valence-electron chi connectivity index (χ1n) is 18.9. The molecule has 4 fully saturated rings. The Labute approximate surface area is 316 Å². The molecule has 1 aromatic heterocycles. The lowest BCUT2D eigenvalue weighted by atomic mass is 10.0. The minimum absolute atomic E-state index is 0.0601. The van der Waals surface area contributed by atoms with Crippen LogP contribution in [-0.2, 0) is 32.1 Å². The Morgan fingerprint density at radius 1 is 0.927 bits per heavy atom. The minimum Gasteiger partial charge on any atom is -0.446 e. The van der Waals surface area contributed by atoms with E-state index in [-0.39, 0.29) is 66.0 Å². The van der Waals surface area contributed by atoms with Crippen molar-refractivity contribution in [3.63, 3.8) is 0 Å². The highest BCUT2D eigenvalue weighted by Gasteiger charge is 2.45. The molecular weight excluding hydrogens is 711 g/mol. The summed E-state index contributed by atoms with van der Waals surface area (Å²) in [6.07, 6.45) is 2.90. The Morgan fingerprint density at radius 3 is 2.45 bits per heavy atom. The number of rotatable bonds is 9. The molecule has 2 aromatic carbocycles. The van der Waals surface area contributed by atoms with Gasteiger partial charge >= 0.3 is 6.09 Å². The summed E-state index contributed by atoms with van der Waals surface area (Å²) in [5, 5.41) is 12.2. The number of hydrogen-bond acceptors (Lipinski definition) is 10. The number of benzene rings is 2. The van der Waals surface area contributed by atoms with Crippen LogP contribution >= 0.6 is 0 Å². The lowest BCUT2D eigenvalue weighted by Gasteiger charge is -2.38. The van der Waals surface area contributed by atoms with Crippen molar-refractivity contribution in [3.8, 4) is 0 Å². The highest BCUT2D eigenvalue weighted by atomic mass is 19.1. The standard InChI is InChI=1S/C39H43FN8O7/c1-22-10-11-47(22)39(54)55-27-6-4-25(17-27)31-20-33(44-43-31)41-35(50)18-24-3-2-23(16-30(24)40)21-45-12-14-46(15-13-45)26-5-7-28-29(19-26)38(53)48(37(28)52)32-8-9-34(49)42-36(32)51/h2-3,5,7,16,19-20,22,25,27,32H,4,6,8-15,17-18,21H2,1H3,(H,42,49,51)(H2,41,43,44,50)/t22-,25+,27-,32?/m0/s1. The molecule has 5 aliphatic rings. The number of ether oxygens (including phenoxy) is 1. The average molecular weight is 755 g/mol. The van der Waals surface area contributed by atoms with E-state index in [9.17, 15) is 28.8 Å². The highest BCUT2D eigenvalue weighted by molar-refractivity contribution is 6.23. The number of nitrogens with one attached hydrogen (secondary N) is 3. The van der Waals surface area contributed by atoms with E-state index in [2.05, 4.69) is 30.6 Å². The van der Waals surface area contributed by atoms with Gasteiger partial charge in [0.25, 0.3) is 11.8 Å². The lowest BCUT2D eigenvalue weighted by Crippen LogP contribution is -2.54. The molecule has 3 saturated heterocycles. The average Bonchev–Trinajstić information content (AvgIpc) is 3.87. The van der Waals surface area contributed by atoms with Crippen LogP contribution in [0.5, 0.6) is 0 Å². The normalized spacial score (nSPS) is 24.1. The van der Waals surface area contributed by atoms with Gasteiger partial charge in [-0.25, -0.2) is 9.18 Å². The van der Waals surface area contributed by atoms with Crippen LogP contribution < -0.4 is 15.5 Å². The lowest BCUT2D eigenvalue weighted by molar-refractivity contribution is -0.136. The van der Waals surface area contributed by atoms with Crippen molar-refractivity contribution in [1.82, 2.24) is 30.2 Å².